The van der Waals surface area contributed by atoms with Crippen LogP contribution in [0.4, 0.5) is 0 Å². The lowest BCUT2D eigenvalue weighted by Gasteiger charge is -1.95. The highest BCUT2D eigenvalue weighted by Gasteiger charge is 1.98. The van der Waals surface area contributed by atoms with Gasteiger partial charge in [0.2, 0.25) is 0 Å². The van der Waals surface area contributed by atoms with Crippen molar-refractivity contribution in [3.63, 3.8) is 0 Å². The van der Waals surface area contributed by atoms with Crippen molar-refractivity contribution in [1.82, 2.24) is 4.57 Å². The summed E-state index contributed by atoms with van der Waals surface area (Å²) in [5.41, 5.74) is 0.299. The third-order valence-electron chi connectivity index (χ3n) is 1.23. The molecule has 0 spiro atoms. The standard InChI is InChI=1S/C6H7ClN2O2S/c1-9-5-3-2-4-6(9)8-12(7,10)11/h2-5H,1H3/b8-6+. The molecular weight excluding hydrogens is 200 g/mol. The van der Waals surface area contributed by atoms with E-state index in [2.05, 4.69) is 4.40 Å². The SMILES string of the molecule is Cn1cccc/c1=N\S(=O)(=O)Cl. The molecule has 0 bridgehead atoms. The normalized spacial score (nSPS) is 13.3. The van der Waals surface area contributed by atoms with Crippen molar-refractivity contribution >= 4 is 19.9 Å². The van der Waals surface area contributed by atoms with Crippen molar-refractivity contribution < 1.29 is 8.42 Å². The molecule has 0 aliphatic rings. The molecule has 12 heavy (non-hydrogen) atoms. The predicted molar refractivity (Wildman–Crippen MR) is 45.7 cm³/mol. The van der Waals surface area contributed by atoms with E-state index in [0.717, 1.165) is 0 Å². The second-order valence-electron chi connectivity index (χ2n) is 2.17. The topological polar surface area (TPSA) is 51.4 Å². The van der Waals surface area contributed by atoms with E-state index in [1.54, 1.807) is 36.0 Å². The number of aromatic nitrogens is 1. The maximum Gasteiger partial charge on any atom is 0.341 e. The zero-order valence-electron chi connectivity index (χ0n) is 6.31. The first-order chi connectivity index (χ1) is 5.49. The minimum Gasteiger partial charge on any atom is -0.335 e. The van der Waals surface area contributed by atoms with Gasteiger partial charge >= 0.3 is 9.24 Å². The Kier molecular flexibility index (Phi) is 2.54. The van der Waals surface area contributed by atoms with Crippen LogP contribution in [0, 0.1) is 0 Å². The lowest BCUT2D eigenvalue weighted by atomic mass is 10.5. The zero-order chi connectivity index (χ0) is 9.19. The third-order valence-corrected chi connectivity index (χ3v) is 1.84. The lowest BCUT2D eigenvalue weighted by Crippen LogP contribution is -2.16. The summed E-state index contributed by atoms with van der Waals surface area (Å²) in [6.07, 6.45) is 1.68. The van der Waals surface area contributed by atoms with Gasteiger partial charge in [-0.1, -0.05) is 6.07 Å². The quantitative estimate of drug-likeness (QED) is 0.625. The van der Waals surface area contributed by atoms with E-state index < -0.39 is 9.24 Å². The Morgan fingerprint density at radius 2 is 2.17 bits per heavy atom. The second kappa shape index (κ2) is 3.28. The number of halogens is 1. The van der Waals surface area contributed by atoms with Gasteiger partial charge in [0.25, 0.3) is 0 Å². The van der Waals surface area contributed by atoms with Crippen molar-refractivity contribution in [3.05, 3.63) is 29.9 Å². The molecule has 1 aromatic rings. The van der Waals surface area contributed by atoms with Crippen molar-refractivity contribution in [2.75, 3.05) is 0 Å². The fourth-order valence-corrected chi connectivity index (χ4v) is 1.35. The zero-order valence-corrected chi connectivity index (χ0v) is 7.88. The van der Waals surface area contributed by atoms with Gasteiger partial charge in [-0.25, -0.2) is 0 Å². The number of rotatable bonds is 1. The summed E-state index contributed by atoms with van der Waals surface area (Å²) in [6.45, 7) is 0. The van der Waals surface area contributed by atoms with Crippen LogP contribution >= 0.6 is 10.7 Å². The van der Waals surface area contributed by atoms with Gasteiger partial charge in [0, 0.05) is 23.9 Å². The molecule has 0 saturated carbocycles. The fourth-order valence-electron chi connectivity index (χ4n) is 0.721. The fraction of sp³-hybridized carbons (Fsp3) is 0.167. The van der Waals surface area contributed by atoms with E-state index >= 15 is 0 Å². The minimum atomic E-state index is -3.82. The van der Waals surface area contributed by atoms with E-state index in [0.29, 0.717) is 5.49 Å². The highest BCUT2D eigenvalue weighted by molar-refractivity contribution is 8.12. The summed E-state index contributed by atoms with van der Waals surface area (Å²) in [5.74, 6) is 0. The van der Waals surface area contributed by atoms with Crippen LogP contribution in [-0.2, 0) is 16.3 Å². The molecule has 0 aliphatic carbocycles. The van der Waals surface area contributed by atoms with Crippen LogP contribution < -0.4 is 5.49 Å². The van der Waals surface area contributed by atoms with Crippen molar-refractivity contribution in [2.45, 2.75) is 0 Å². The summed E-state index contributed by atoms with van der Waals surface area (Å²) in [5, 5.41) is 0. The Morgan fingerprint density at radius 1 is 1.50 bits per heavy atom. The lowest BCUT2D eigenvalue weighted by molar-refractivity contribution is 0.609. The maximum atomic E-state index is 10.5. The van der Waals surface area contributed by atoms with Crippen LogP contribution in [0.3, 0.4) is 0 Å². The van der Waals surface area contributed by atoms with Gasteiger partial charge in [-0.2, -0.15) is 8.42 Å². The maximum absolute atomic E-state index is 10.5. The van der Waals surface area contributed by atoms with Crippen LogP contribution in [0.1, 0.15) is 0 Å². The molecule has 66 valence electrons. The second-order valence-corrected chi connectivity index (χ2v) is 4.35. The van der Waals surface area contributed by atoms with Crippen LogP contribution in [0.2, 0.25) is 0 Å². The monoisotopic (exact) mass is 206 g/mol. The molecule has 0 unspecified atom stereocenters. The Balaban J connectivity index is 3.39. The number of aryl methyl sites for hydroxylation is 1. The molecule has 4 nitrogen and oxygen atoms in total. The first kappa shape index (κ1) is 9.28. The molecule has 0 saturated heterocycles. The summed E-state index contributed by atoms with van der Waals surface area (Å²) in [7, 11) is 2.79. The van der Waals surface area contributed by atoms with Gasteiger partial charge in [0.05, 0.1) is 0 Å². The predicted octanol–water partition coefficient (Wildman–Crippen LogP) is 0.409. The Labute approximate surface area is 74.7 Å². The molecule has 0 N–H and O–H groups in total. The van der Waals surface area contributed by atoms with E-state index in [-0.39, 0.29) is 0 Å². The highest BCUT2D eigenvalue weighted by atomic mass is 35.7. The van der Waals surface area contributed by atoms with Crippen molar-refractivity contribution in [3.8, 4) is 0 Å². The van der Waals surface area contributed by atoms with Crippen LogP contribution in [0.25, 0.3) is 0 Å². The average molecular weight is 207 g/mol. The van der Waals surface area contributed by atoms with E-state index in [1.807, 2.05) is 0 Å². The van der Waals surface area contributed by atoms with E-state index in [1.165, 1.54) is 0 Å². The molecule has 0 fully saturated rings. The van der Waals surface area contributed by atoms with Crippen LogP contribution in [0.5, 0.6) is 0 Å². The molecule has 1 aromatic heterocycles. The van der Waals surface area contributed by atoms with Crippen molar-refractivity contribution in [1.29, 1.82) is 0 Å². The summed E-state index contributed by atoms with van der Waals surface area (Å²) < 4.78 is 25.9. The van der Waals surface area contributed by atoms with Gasteiger partial charge < -0.3 is 4.57 Å². The first-order valence-corrected chi connectivity index (χ1v) is 5.38. The molecular formula is C6H7ClN2O2S. The minimum absolute atomic E-state index is 0.299. The van der Waals surface area contributed by atoms with E-state index in [9.17, 15) is 8.42 Å². The summed E-state index contributed by atoms with van der Waals surface area (Å²) in [6, 6.07) is 5.00. The summed E-state index contributed by atoms with van der Waals surface area (Å²) in [4.78, 5) is 0. The number of pyridine rings is 1. The average Bonchev–Trinajstić information content (AvgIpc) is 1.91. The molecule has 0 aromatic carbocycles. The van der Waals surface area contributed by atoms with Gasteiger partial charge in [0.15, 0.2) is 0 Å². The number of hydrogen-bond acceptors (Lipinski definition) is 2. The van der Waals surface area contributed by atoms with Crippen molar-refractivity contribution in [2.24, 2.45) is 11.4 Å². The Bertz CT molecular complexity index is 435. The van der Waals surface area contributed by atoms with Gasteiger partial charge in [0.1, 0.15) is 5.49 Å². The molecule has 0 radical (unpaired) electrons. The van der Waals surface area contributed by atoms with Gasteiger partial charge in [-0.15, -0.1) is 4.40 Å². The summed E-state index contributed by atoms with van der Waals surface area (Å²) >= 11 is 0. The molecule has 0 amide bonds. The molecule has 6 heteroatoms. The molecule has 0 atom stereocenters. The van der Waals surface area contributed by atoms with Gasteiger partial charge in [-0.05, 0) is 12.1 Å². The molecule has 1 rings (SSSR count). The number of nitrogens with zero attached hydrogens (tertiary/aromatic N) is 2. The third kappa shape index (κ3) is 2.67. The largest absolute Gasteiger partial charge is 0.341 e. The Morgan fingerprint density at radius 3 is 2.67 bits per heavy atom. The van der Waals surface area contributed by atoms with Crippen LogP contribution in [0.15, 0.2) is 28.8 Å². The number of hydrogen-bond donors (Lipinski definition) is 0. The van der Waals surface area contributed by atoms with E-state index in [4.69, 9.17) is 10.7 Å². The van der Waals surface area contributed by atoms with Crippen LogP contribution in [-0.4, -0.2) is 13.0 Å². The Hall–Kier alpha value is -0.810. The first-order valence-electron chi connectivity index (χ1n) is 3.11. The van der Waals surface area contributed by atoms with Gasteiger partial charge in [-0.3, -0.25) is 0 Å². The molecule has 1 heterocycles. The highest BCUT2D eigenvalue weighted by Crippen LogP contribution is 1.94. The smallest absolute Gasteiger partial charge is 0.335 e. The molecule has 0 aliphatic heterocycles.